The number of fused-ring (bicyclic) bond motifs is 1. The molecule has 3 rings (SSSR count). The molecular weight excluding hydrogens is 368 g/mol. The number of hydrogen-bond donors (Lipinski definition) is 2. The van der Waals surface area contributed by atoms with Gasteiger partial charge in [-0.3, -0.25) is 13.9 Å². The first-order valence-electron chi connectivity index (χ1n) is 9.11. The monoisotopic (exact) mass is 394 g/mol. The van der Waals surface area contributed by atoms with Gasteiger partial charge in [-0.1, -0.05) is 6.42 Å². The second kappa shape index (κ2) is 7.47. The number of nitrogens with zero attached hydrogens (tertiary/aromatic N) is 2. The van der Waals surface area contributed by atoms with Gasteiger partial charge in [-0.05, 0) is 43.4 Å². The maximum Gasteiger partial charge on any atom is 0.328 e. The minimum atomic E-state index is -3.69. The summed E-state index contributed by atoms with van der Waals surface area (Å²) in [5.74, 6) is 0.201. The lowest BCUT2D eigenvalue weighted by Crippen LogP contribution is -2.40. The summed E-state index contributed by atoms with van der Waals surface area (Å²) in [7, 11) is -0.400. The fourth-order valence-corrected chi connectivity index (χ4v) is 5.12. The van der Waals surface area contributed by atoms with Crippen LogP contribution in [0.2, 0.25) is 0 Å². The van der Waals surface area contributed by atoms with Gasteiger partial charge in [0.05, 0.1) is 15.9 Å². The molecule has 2 N–H and O–H groups in total. The first kappa shape index (κ1) is 19.6. The number of imidazole rings is 1. The van der Waals surface area contributed by atoms with Gasteiger partial charge in [-0.2, -0.15) is 0 Å². The fourth-order valence-electron chi connectivity index (χ4n) is 3.81. The first-order chi connectivity index (χ1) is 12.7. The summed E-state index contributed by atoms with van der Waals surface area (Å²) in [6.07, 6.45) is 3.38. The largest absolute Gasteiger partial charge is 0.356 e. The van der Waals surface area contributed by atoms with Gasteiger partial charge in [0, 0.05) is 33.6 Å². The average molecular weight is 394 g/mol. The molecule has 0 aliphatic heterocycles. The third kappa shape index (κ3) is 4.08. The van der Waals surface area contributed by atoms with E-state index in [0.29, 0.717) is 24.0 Å². The molecule has 0 unspecified atom stereocenters. The molecular formula is C18H26N4O4S. The summed E-state index contributed by atoms with van der Waals surface area (Å²) >= 11 is 0. The molecule has 0 spiro atoms. The highest BCUT2D eigenvalue weighted by atomic mass is 32.2. The van der Waals surface area contributed by atoms with Crippen molar-refractivity contribution in [2.45, 2.75) is 43.5 Å². The zero-order chi connectivity index (χ0) is 19.8. The average Bonchev–Trinajstić information content (AvgIpc) is 2.84. The third-order valence-corrected chi connectivity index (χ3v) is 6.82. The van der Waals surface area contributed by atoms with Crippen molar-refractivity contribution in [1.29, 1.82) is 0 Å². The summed E-state index contributed by atoms with van der Waals surface area (Å²) in [5.41, 5.74) is 1.08. The van der Waals surface area contributed by atoms with Crippen LogP contribution in [0.15, 0.2) is 27.9 Å². The van der Waals surface area contributed by atoms with E-state index in [1.54, 1.807) is 20.2 Å². The van der Waals surface area contributed by atoms with E-state index in [-0.39, 0.29) is 28.5 Å². The van der Waals surface area contributed by atoms with E-state index in [0.717, 1.165) is 19.3 Å². The molecule has 148 valence electrons. The Bertz CT molecular complexity index is 1020. The van der Waals surface area contributed by atoms with E-state index in [4.69, 9.17) is 0 Å². The summed E-state index contributed by atoms with van der Waals surface area (Å²) in [6, 6.07) is 4.57. The quantitative estimate of drug-likeness (QED) is 0.785. The first-order valence-corrected chi connectivity index (χ1v) is 10.6. The number of amides is 1. The Balaban J connectivity index is 1.78. The predicted molar refractivity (Wildman–Crippen MR) is 103 cm³/mol. The van der Waals surface area contributed by atoms with Crippen LogP contribution in [0.3, 0.4) is 0 Å². The fraction of sp³-hybridized carbons (Fsp3) is 0.556. The van der Waals surface area contributed by atoms with Gasteiger partial charge in [0.1, 0.15) is 0 Å². The zero-order valence-corrected chi connectivity index (χ0v) is 16.7. The lowest BCUT2D eigenvalue weighted by molar-refractivity contribution is -0.119. The summed E-state index contributed by atoms with van der Waals surface area (Å²) in [6.45, 7) is 2.06. The molecule has 0 saturated heterocycles. The Morgan fingerprint density at radius 2 is 1.89 bits per heavy atom. The summed E-state index contributed by atoms with van der Waals surface area (Å²) < 4.78 is 31.4. The van der Waals surface area contributed by atoms with Crippen molar-refractivity contribution in [3.63, 3.8) is 0 Å². The molecule has 0 bridgehead atoms. The number of aryl methyl sites for hydroxylation is 2. The van der Waals surface area contributed by atoms with E-state index < -0.39 is 10.0 Å². The standard InChI is InChI=1S/C18H26N4O4S/c1-12(23)19-11-13-5-4-6-14(9-13)20-27(25,26)15-7-8-16-17(10-15)22(3)18(24)21(16)2/h7-8,10,13-14,20H,4-6,9,11H2,1-3H3,(H,19,23)/t13-,14+/m1/s1. The number of carbonyl (C=O) groups excluding carboxylic acids is 1. The lowest BCUT2D eigenvalue weighted by Gasteiger charge is -2.29. The van der Waals surface area contributed by atoms with Crippen LogP contribution in [0.1, 0.15) is 32.6 Å². The smallest absolute Gasteiger partial charge is 0.328 e. The summed E-state index contributed by atoms with van der Waals surface area (Å²) in [4.78, 5) is 23.3. The Morgan fingerprint density at radius 1 is 1.19 bits per heavy atom. The molecule has 2 atom stereocenters. The number of aromatic nitrogens is 2. The van der Waals surface area contributed by atoms with Crippen molar-refractivity contribution in [3.8, 4) is 0 Å². The number of rotatable bonds is 5. The van der Waals surface area contributed by atoms with E-state index in [1.807, 2.05) is 0 Å². The number of carbonyl (C=O) groups is 1. The number of hydrogen-bond acceptors (Lipinski definition) is 4. The SMILES string of the molecule is CC(=O)NC[C@@H]1CCC[C@H](NS(=O)(=O)c2ccc3c(c2)n(C)c(=O)n3C)C1. The van der Waals surface area contributed by atoms with Crippen molar-refractivity contribution in [2.24, 2.45) is 20.0 Å². The Hall–Kier alpha value is -2.13. The maximum absolute atomic E-state index is 12.8. The highest BCUT2D eigenvalue weighted by molar-refractivity contribution is 7.89. The van der Waals surface area contributed by atoms with Crippen molar-refractivity contribution in [3.05, 3.63) is 28.7 Å². The van der Waals surface area contributed by atoms with E-state index >= 15 is 0 Å². The van der Waals surface area contributed by atoms with Gasteiger partial charge in [0.2, 0.25) is 15.9 Å². The van der Waals surface area contributed by atoms with E-state index in [1.165, 1.54) is 28.2 Å². The molecule has 1 aromatic heterocycles. The van der Waals surface area contributed by atoms with Crippen molar-refractivity contribution in [2.75, 3.05) is 6.54 Å². The molecule has 8 nitrogen and oxygen atoms in total. The molecule has 2 aromatic rings. The highest BCUT2D eigenvalue weighted by Crippen LogP contribution is 2.26. The Morgan fingerprint density at radius 3 is 2.59 bits per heavy atom. The topological polar surface area (TPSA) is 102 Å². The van der Waals surface area contributed by atoms with Crippen LogP contribution in [0.25, 0.3) is 11.0 Å². The Kier molecular flexibility index (Phi) is 5.43. The van der Waals surface area contributed by atoms with Crippen LogP contribution in [0, 0.1) is 5.92 Å². The molecule has 9 heteroatoms. The molecule has 1 saturated carbocycles. The molecule has 1 aliphatic rings. The molecule has 1 heterocycles. The van der Waals surface area contributed by atoms with Gasteiger partial charge in [0.15, 0.2) is 0 Å². The van der Waals surface area contributed by atoms with Gasteiger partial charge in [0.25, 0.3) is 0 Å². The minimum absolute atomic E-state index is 0.0699. The van der Waals surface area contributed by atoms with Crippen LogP contribution in [0.4, 0.5) is 0 Å². The maximum atomic E-state index is 12.8. The van der Waals surface area contributed by atoms with Gasteiger partial charge in [-0.25, -0.2) is 17.9 Å². The van der Waals surface area contributed by atoms with Crippen molar-refractivity contribution < 1.29 is 13.2 Å². The molecule has 1 aliphatic carbocycles. The van der Waals surface area contributed by atoms with Crippen LogP contribution in [0.5, 0.6) is 0 Å². The van der Waals surface area contributed by atoms with Crippen molar-refractivity contribution in [1.82, 2.24) is 19.2 Å². The third-order valence-electron chi connectivity index (χ3n) is 5.30. The second-order valence-corrected chi connectivity index (χ2v) is 9.05. The molecule has 1 aromatic carbocycles. The number of sulfonamides is 1. The lowest BCUT2D eigenvalue weighted by atomic mass is 9.86. The minimum Gasteiger partial charge on any atom is -0.356 e. The Labute approximate surface area is 158 Å². The second-order valence-electron chi connectivity index (χ2n) is 7.34. The molecule has 27 heavy (non-hydrogen) atoms. The molecule has 0 radical (unpaired) electrons. The van der Waals surface area contributed by atoms with Crippen LogP contribution in [-0.2, 0) is 28.9 Å². The van der Waals surface area contributed by atoms with E-state index in [2.05, 4.69) is 10.0 Å². The molecule has 1 fully saturated rings. The van der Waals surface area contributed by atoms with Crippen molar-refractivity contribution >= 4 is 27.0 Å². The van der Waals surface area contributed by atoms with Gasteiger partial charge in [-0.15, -0.1) is 0 Å². The van der Waals surface area contributed by atoms with Crippen LogP contribution >= 0.6 is 0 Å². The number of nitrogens with one attached hydrogen (secondary N) is 2. The van der Waals surface area contributed by atoms with Crippen LogP contribution in [-0.4, -0.2) is 36.0 Å². The highest BCUT2D eigenvalue weighted by Gasteiger charge is 2.27. The predicted octanol–water partition coefficient (Wildman–Crippen LogP) is 0.850. The van der Waals surface area contributed by atoms with Gasteiger partial charge >= 0.3 is 5.69 Å². The van der Waals surface area contributed by atoms with E-state index in [9.17, 15) is 18.0 Å². The van der Waals surface area contributed by atoms with Crippen LogP contribution < -0.4 is 15.7 Å². The van der Waals surface area contributed by atoms with Gasteiger partial charge < -0.3 is 5.32 Å². The zero-order valence-electron chi connectivity index (χ0n) is 15.9. The molecule has 1 amide bonds. The number of benzene rings is 1. The summed E-state index contributed by atoms with van der Waals surface area (Å²) in [5, 5.41) is 2.81. The normalized spacial score (nSPS) is 20.7.